The Morgan fingerprint density at radius 2 is 2.14 bits per heavy atom. The number of nitrogens with zero attached hydrogens (tertiary/aromatic N) is 1. The van der Waals surface area contributed by atoms with Gasteiger partial charge >= 0.3 is 12.0 Å². The molecule has 1 heterocycles. The van der Waals surface area contributed by atoms with E-state index in [9.17, 15) is 9.59 Å². The molecule has 2 atom stereocenters. The number of halogens is 2. The van der Waals surface area contributed by atoms with Gasteiger partial charge in [-0.3, -0.25) is 4.79 Å². The number of hydrogen-bond acceptors (Lipinski definition) is 2. The summed E-state index contributed by atoms with van der Waals surface area (Å²) in [6, 6.07) is 4.53. The maximum absolute atomic E-state index is 12.1. The summed E-state index contributed by atoms with van der Waals surface area (Å²) in [4.78, 5) is 24.5. The lowest BCUT2D eigenvalue weighted by Crippen LogP contribution is -2.40. The van der Waals surface area contributed by atoms with Gasteiger partial charge in [0.2, 0.25) is 0 Å². The van der Waals surface area contributed by atoms with Crippen LogP contribution in [0.4, 0.5) is 4.79 Å². The third kappa shape index (κ3) is 3.80. The van der Waals surface area contributed by atoms with Crippen molar-refractivity contribution >= 4 is 35.2 Å². The maximum atomic E-state index is 12.1. The topological polar surface area (TPSA) is 69.6 Å². The van der Waals surface area contributed by atoms with Crippen molar-refractivity contribution in [3.8, 4) is 0 Å². The molecule has 2 unspecified atom stereocenters. The Labute approximate surface area is 132 Å². The van der Waals surface area contributed by atoms with Crippen molar-refractivity contribution in [2.24, 2.45) is 5.92 Å². The molecule has 1 saturated heterocycles. The van der Waals surface area contributed by atoms with E-state index in [2.05, 4.69) is 5.32 Å². The maximum Gasteiger partial charge on any atom is 0.317 e. The molecule has 0 spiro atoms. The first-order valence-electron chi connectivity index (χ1n) is 6.61. The molecular formula is C14H16Cl2N2O3. The smallest absolute Gasteiger partial charge is 0.317 e. The van der Waals surface area contributed by atoms with Crippen molar-refractivity contribution in [3.63, 3.8) is 0 Å². The highest BCUT2D eigenvalue weighted by atomic mass is 35.5. The van der Waals surface area contributed by atoms with Crippen LogP contribution in [0.3, 0.4) is 0 Å². The molecule has 0 bridgehead atoms. The van der Waals surface area contributed by atoms with E-state index < -0.39 is 11.9 Å². The molecule has 1 aliphatic heterocycles. The highest BCUT2D eigenvalue weighted by molar-refractivity contribution is 6.35. The Kier molecular flexibility index (Phi) is 4.96. The van der Waals surface area contributed by atoms with Gasteiger partial charge in [-0.15, -0.1) is 0 Å². The van der Waals surface area contributed by atoms with Crippen LogP contribution in [0.25, 0.3) is 0 Å². The highest BCUT2D eigenvalue weighted by Crippen LogP contribution is 2.26. The number of carboxylic acids is 1. The van der Waals surface area contributed by atoms with Gasteiger partial charge in [-0.25, -0.2) is 4.79 Å². The second kappa shape index (κ2) is 6.54. The normalized spacial score (nSPS) is 19.4. The number of benzene rings is 1. The van der Waals surface area contributed by atoms with Crippen LogP contribution in [-0.4, -0.2) is 35.1 Å². The largest absolute Gasteiger partial charge is 0.481 e. The van der Waals surface area contributed by atoms with Crippen molar-refractivity contribution < 1.29 is 14.7 Å². The second-order valence-corrected chi connectivity index (χ2v) is 5.95. The van der Waals surface area contributed by atoms with Crippen LogP contribution < -0.4 is 5.32 Å². The summed E-state index contributed by atoms with van der Waals surface area (Å²) in [6.07, 6.45) is 0.485. The number of urea groups is 1. The Hall–Kier alpha value is -1.46. The van der Waals surface area contributed by atoms with Crippen molar-refractivity contribution in [2.45, 2.75) is 19.4 Å². The molecule has 2 N–H and O–H groups in total. The van der Waals surface area contributed by atoms with E-state index in [1.165, 1.54) is 4.90 Å². The van der Waals surface area contributed by atoms with E-state index >= 15 is 0 Å². The molecule has 2 amide bonds. The molecular weight excluding hydrogens is 315 g/mol. The van der Waals surface area contributed by atoms with Gasteiger partial charge in [0, 0.05) is 23.1 Å². The number of carbonyl (C=O) groups is 2. The summed E-state index contributed by atoms with van der Waals surface area (Å²) in [6.45, 7) is 2.50. The van der Waals surface area contributed by atoms with Gasteiger partial charge in [0.1, 0.15) is 0 Å². The zero-order valence-electron chi connectivity index (χ0n) is 11.5. The molecule has 1 aromatic rings. The standard InChI is InChI=1S/C14H16Cl2N2O3/c1-8(11-3-2-10(15)6-12(11)16)17-14(21)18-5-4-9(7-18)13(19)20/h2-3,6,8-9H,4-5,7H2,1H3,(H,17,21)(H,19,20). The zero-order valence-corrected chi connectivity index (χ0v) is 13.0. The summed E-state index contributed by atoms with van der Waals surface area (Å²) < 4.78 is 0. The average molecular weight is 331 g/mol. The predicted molar refractivity (Wildman–Crippen MR) is 80.7 cm³/mol. The fraction of sp³-hybridized carbons (Fsp3) is 0.429. The zero-order chi connectivity index (χ0) is 15.6. The molecule has 114 valence electrons. The minimum absolute atomic E-state index is 0.238. The first kappa shape index (κ1) is 15.9. The van der Waals surface area contributed by atoms with Crippen molar-refractivity contribution in [2.75, 3.05) is 13.1 Å². The third-order valence-corrected chi connectivity index (χ3v) is 4.16. The number of hydrogen-bond donors (Lipinski definition) is 2. The van der Waals surface area contributed by atoms with Gasteiger partial charge in [-0.1, -0.05) is 29.3 Å². The van der Waals surface area contributed by atoms with Gasteiger partial charge in [-0.2, -0.15) is 0 Å². The molecule has 1 fully saturated rings. The van der Waals surface area contributed by atoms with Crippen LogP contribution in [0.1, 0.15) is 24.9 Å². The number of aliphatic carboxylic acids is 1. The summed E-state index contributed by atoms with van der Waals surface area (Å²) in [5.74, 6) is -1.34. The fourth-order valence-electron chi connectivity index (χ4n) is 2.35. The first-order valence-corrected chi connectivity index (χ1v) is 7.37. The molecule has 0 radical (unpaired) electrons. The molecule has 0 aromatic heterocycles. The number of amides is 2. The van der Waals surface area contributed by atoms with Crippen LogP contribution in [0.15, 0.2) is 18.2 Å². The SMILES string of the molecule is CC(NC(=O)N1CCC(C(=O)O)C1)c1ccc(Cl)cc1Cl. The molecule has 7 heteroatoms. The molecule has 2 rings (SSSR count). The van der Waals surface area contributed by atoms with E-state index in [-0.39, 0.29) is 18.6 Å². The number of likely N-dealkylation sites (tertiary alicyclic amines) is 1. The molecule has 0 saturated carbocycles. The molecule has 1 aliphatic rings. The molecule has 1 aromatic carbocycles. The number of rotatable bonds is 3. The van der Waals surface area contributed by atoms with E-state index in [1.807, 2.05) is 6.92 Å². The van der Waals surface area contributed by atoms with Crippen molar-refractivity contribution in [1.82, 2.24) is 10.2 Å². The minimum Gasteiger partial charge on any atom is -0.481 e. The van der Waals surface area contributed by atoms with E-state index in [0.717, 1.165) is 5.56 Å². The fourth-order valence-corrected chi connectivity index (χ4v) is 2.93. The number of nitrogens with one attached hydrogen (secondary N) is 1. The van der Waals surface area contributed by atoms with Gasteiger partial charge in [0.05, 0.1) is 12.0 Å². The van der Waals surface area contributed by atoms with Crippen LogP contribution >= 0.6 is 23.2 Å². The molecule has 0 aliphatic carbocycles. The Morgan fingerprint density at radius 1 is 1.43 bits per heavy atom. The van der Waals surface area contributed by atoms with Gasteiger partial charge in [0.25, 0.3) is 0 Å². The summed E-state index contributed by atoms with van der Waals surface area (Å²) in [5.41, 5.74) is 0.767. The second-order valence-electron chi connectivity index (χ2n) is 5.11. The number of carbonyl (C=O) groups excluding carboxylic acids is 1. The van der Waals surface area contributed by atoms with Gasteiger partial charge in [-0.05, 0) is 31.0 Å². The summed E-state index contributed by atoms with van der Waals surface area (Å²) >= 11 is 11.9. The van der Waals surface area contributed by atoms with E-state index in [4.69, 9.17) is 28.3 Å². The Morgan fingerprint density at radius 3 is 2.71 bits per heavy atom. The van der Waals surface area contributed by atoms with E-state index in [0.29, 0.717) is 23.0 Å². The summed E-state index contributed by atoms with van der Waals surface area (Å²) in [5, 5.41) is 12.8. The first-order chi connectivity index (χ1) is 9.88. The van der Waals surface area contributed by atoms with Gasteiger partial charge < -0.3 is 15.3 Å². The molecule has 5 nitrogen and oxygen atoms in total. The van der Waals surface area contributed by atoms with Crippen LogP contribution in [0.2, 0.25) is 10.0 Å². The lowest BCUT2D eigenvalue weighted by molar-refractivity contribution is -0.141. The monoisotopic (exact) mass is 330 g/mol. The van der Waals surface area contributed by atoms with Crippen LogP contribution in [0.5, 0.6) is 0 Å². The van der Waals surface area contributed by atoms with Crippen molar-refractivity contribution in [1.29, 1.82) is 0 Å². The Balaban J connectivity index is 1.98. The van der Waals surface area contributed by atoms with Crippen LogP contribution in [-0.2, 0) is 4.79 Å². The van der Waals surface area contributed by atoms with Gasteiger partial charge in [0.15, 0.2) is 0 Å². The summed E-state index contributed by atoms with van der Waals surface area (Å²) in [7, 11) is 0. The highest BCUT2D eigenvalue weighted by Gasteiger charge is 2.31. The lowest BCUT2D eigenvalue weighted by Gasteiger charge is -2.21. The lowest BCUT2D eigenvalue weighted by atomic mass is 10.1. The number of carboxylic acid groups (broad SMARTS) is 1. The van der Waals surface area contributed by atoms with E-state index in [1.54, 1.807) is 18.2 Å². The quantitative estimate of drug-likeness (QED) is 0.894. The predicted octanol–water partition coefficient (Wildman–Crippen LogP) is 3.17. The Bertz CT molecular complexity index is 565. The molecule has 21 heavy (non-hydrogen) atoms. The average Bonchev–Trinajstić information content (AvgIpc) is 2.88. The van der Waals surface area contributed by atoms with Crippen LogP contribution in [0, 0.1) is 5.92 Å². The third-order valence-electron chi connectivity index (χ3n) is 3.59. The van der Waals surface area contributed by atoms with Crippen molar-refractivity contribution in [3.05, 3.63) is 33.8 Å². The minimum atomic E-state index is -0.862.